The highest BCUT2D eigenvalue weighted by Crippen LogP contribution is 2.48. The Morgan fingerprint density at radius 3 is 0.406 bits per heavy atom. The lowest BCUT2D eigenvalue weighted by atomic mass is 10.1. The van der Waals surface area contributed by atoms with Crippen LogP contribution in [0.15, 0.2) is 140 Å². The van der Waals surface area contributed by atoms with Gasteiger partial charge >= 0.3 is 0 Å². The van der Waals surface area contributed by atoms with Crippen molar-refractivity contribution in [2.45, 2.75) is 0 Å². The van der Waals surface area contributed by atoms with Gasteiger partial charge in [0.05, 0.1) is 0 Å². The third-order valence-electron chi connectivity index (χ3n) is 12.1. The Morgan fingerprint density at radius 2 is 0.281 bits per heavy atom. The van der Waals surface area contributed by atoms with Crippen LogP contribution >= 0.6 is 90.7 Å². The van der Waals surface area contributed by atoms with Gasteiger partial charge in [-0.2, -0.15) is 0 Å². The molecule has 0 spiro atoms. The molecule has 8 aliphatic carbocycles. The van der Waals surface area contributed by atoms with E-state index in [1.54, 1.807) is 0 Å². The smallest absolute Gasteiger partial charge is 0.0421 e. The standard InChI is InChI=1S/4C14H8S2/c4*1-3-11(13-9(1)5-7-15-13)12-4-2-10-6-8-16-14(10)12/h4*1-8H/b4*12-11-. The summed E-state index contributed by atoms with van der Waals surface area (Å²) < 4.78 is 0. The van der Waals surface area contributed by atoms with E-state index in [0.717, 1.165) is 0 Å². The van der Waals surface area contributed by atoms with Crippen LogP contribution < -0.4 is 0 Å². The van der Waals surface area contributed by atoms with Gasteiger partial charge in [0, 0.05) is 83.6 Å². The number of fused-ring (bicyclic) bond motifs is 8. The molecule has 0 amide bonds. The van der Waals surface area contributed by atoms with E-state index >= 15 is 0 Å². The van der Waals surface area contributed by atoms with E-state index in [1.165, 1.54) is 128 Å². The molecule has 304 valence electrons. The first-order valence-corrected chi connectivity index (χ1v) is 27.8. The van der Waals surface area contributed by atoms with Crippen molar-refractivity contribution in [1.29, 1.82) is 0 Å². The first-order valence-electron chi connectivity index (χ1n) is 20.8. The van der Waals surface area contributed by atoms with Crippen LogP contribution in [-0.4, -0.2) is 0 Å². The summed E-state index contributed by atoms with van der Waals surface area (Å²) in [5.74, 6) is 0. The fourth-order valence-corrected chi connectivity index (χ4v) is 16.5. The molecule has 0 N–H and O–H groups in total. The van der Waals surface area contributed by atoms with E-state index < -0.39 is 0 Å². The number of rotatable bonds is 0. The van der Waals surface area contributed by atoms with Gasteiger partial charge in [-0.3, -0.25) is 0 Å². The van der Waals surface area contributed by atoms with Gasteiger partial charge in [-0.25, -0.2) is 0 Å². The lowest BCUT2D eigenvalue weighted by Crippen LogP contribution is -1.78. The molecule has 64 heavy (non-hydrogen) atoms. The molecule has 0 saturated heterocycles. The molecule has 0 saturated carbocycles. The maximum absolute atomic E-state index is 2.25. The number of hydrogen-bond donors (Lipinski definition) is 0. The van der Waals surface area contributed by atoms with E-state index in [2.05, 4.69) is 189 Å². The lowest BCUT2D eigenvalue weighted by Gasteiger charge is -2.01. The Morgan fingerprint density at radius 1 is 0.156 bits per heavy atom. The van der Waals surface area contributed by atoms with Crippen LogP contribution in [0.1, 0.15) is 83.5 Å². The Kier molecular flexibility index (Phi) is 9.83. The summed E-state index contributed by atoms with van der Waals surface area (Å²) in [6, 6.07) is 17.5. The maximum Gasteiger partial charge on any atom is 0.0421 e. The molecule has 0 unspecified atom stereocenters. The molecule has 0 nitrogen and oxygen atoms in total. The first kappa shape index (κ1) is 38.9. The van der Waals surface area contributed by atoms with Gasteiger partial charge in [-0.1, -0.05) is 97.2 Å². The van der Waals surface area contributed by atoms with E-state index in [4.69, 9.17) is 0 Å². The molecule has 16 rings (SSSR count). The summed E-state index contributed by atoms with van der Waals surface area (Å²) in [7, 11) is 0. The molecule has 8 heterocycles. The molecule has 0 atom stereocenters. The zero-order chi connectivity index (χ0) is 42.1. The van der Waals surface area contributed by atoms with Crippen LogP contribution in [0.3, 0.4) is 0 Å². The average molecular weight is 961 g/mol. The lowest BCUT2D eigenvalue weighted by molar-refractivity contribution is 1.83. The molecule has 0 aromatic carbocycles. The second-order valence-corrected chi connectivity index (χ2v) is 22.9. The Bertz CT molecular complexity index is 2890. The highest BCUT2D eigenvalue weighted by Gasteiger charge is 2.24. The number of hydrogen-bond acceptors (Lipinski definition) is 8. The SMILES string of the molecule is C1=Cc2ccsc2/C1=C1/C=Cc2ccsc21.C1=Cc2ccsc2/C1=C1/C=Cc2ccsc21.C1=Cc2ccsc2/C1=C1/C=Cc2ccsc21.C1=Cc2ccsc2/C1=C1/C=Cc2ccsc21. The van der Waals surface area contributed by atoms with Crippen LogP contribution in [0, 0.1) is 0 Å². The molecule has 8 heteroatoms. The third kappa shape index (κ3) is 6.59. The number of allylic oxidation sites excluding steroid dienone is 16. The van der Waals surface area contributed by atoms with Crippen molar-refractivity contribution >= 4 is 184 Å². The van der Waals surface area contributed by atoms with Gasteiger partial charge in [-0.15, -0.1) is 90.7 Å². The number of thiophene rings is 8. The van der Waals surface area contributed by atoms with E-state index in [-0.39, 0.29) is 0 Å². The third-order valence-corrected chi connectivity index (χ3v) is 19.8. The largest absolute Gasteiger partial charge is 0.143 e. The second kappa shape index (κ2) is 16.2. The predicted molar refractivity (Wildman–Crippen MR) is 294 cm³/mol. The minimum Gasteiger partial charge on any atom is -0.143 e. The van der Waals surface area contributed by atoms with Gasteiger partial charge in [0.2, 0.25) is 0 Å². The zero-order valence-electron chi connectivity index (χ0n) is 33.7. The molecule has 0 aliphatic heterocycles. The Balaban J connectivity index is 0.0000000860. The van der Waals surface area contributed by atoms with Crippen molar-refractivity contribution in [3.63, 3.8) is 0 Å². The normalized spacial score (nSPS) is 20.5. The van der Waals surface area contributed by atoms with Crippen LogP contribution in [0.5, 0.6) is 0 Å². The van der Waals surface area contributed by atoms with Crippen molar-refractivity contribution in [3.8, 4) is 0 Å². The summed E-state index contributed by atoms with van der Waals surface area (Å²) in [6.45, 7) is 0. The Hall–Kier alpha value is -5.52. The molecular weight excluding hydrogens is 929 g/mol. The monoisotopic (exact) mass is 960 g/mol. The summed E-state index contributed by atoms with van der Waals surface area (Å²) in [6.07, 6.45) is 35.7. The summed E-state index contributed by atoms with van der Waals surface area (Å²) in [4.78, 5) is 11.3. The highest BCUT2D eigenvalue weighted by molar-refractivity contribution is 7.14. The minimum absolute atomic E-state index is 1.37. The van der Waals surface area contributed by atoms with Gasteiger partial charge in [0.1, 0.15) is 0 Å². The van der Waals surface area contributed by atoms with Crippen molar-refractivity contribution < 1.29 is 0 Å². The first-order chi connectivity index (χ1) is 31.7. The van der Waals surface area contributed by atoms with Crippen molar-refractivity contribution in [1.82, 2.24) is 0 Å². The van der Waals surface area contributed by atoms with Crippen molar-refractivity contribution in [2.75, 3.05) is 0 Å². The maximum atomic E-state index is 2.25. The van der Waals surface area contributed by atoms with Crippen molar-refractivity contribution in [2.24, 2.45) is 0 Å². The fourth-order valence-electron chi connectivity index (χ4n) is 9.04. The average Bonchev–Trinajstić information content (AvgIpc) is 4.11. The molecule has 8 aromatic rings. The molecular formula is C56H32S8. The minimum atomic E-state index is 1.37. The van der Waals surface area contributed by atoms with Crippen molar-refractivity contribution in [3.05, 3.63) is 224 Å². The zero-order valence-corrected chi connectivity index (χ0v) is 40.3. The molecule has 8 aromatic heterocycles. The summed E-state index contributed by atoms with van der Waals surface area (Å²) in [5, 5.41) is 17.4. The Labute approximate surface area is 403 Å². The van der Waals surface area contributed by atoms with E-state index in [1.807, 2.05) is 90.7 Å². The molecule has 0 radical (unpaired) electrons. The van der Waals surface area contributed by atoms with Crippen LogP contribution in [0.4, 0.5) is 0 Å². The topological polar surface area (TPSA) is 0 Å². The van der Waals surface area contributed by atoms with Gasteiger partial charge in [-0.05, 0) is 136 Å². The van der Waals surface area contributed by atoms with Gasteiger partial charge in [0.15, 0.2) is 0 Å². The van der Waals surface area contributed by atoms with Crippen LogP contribution in [0.25, 0.3) is 93.2 Å². The second-order valence-electron chi connectivity index (χ2n) is 15.6. The summed E-state index contributed by atoms with van der Waals surface area (Å²) >= 11 is 14.7. The van der Waals surface area contributed by atoms with Gasteiger partial charge in [0.25, 0.3) is 0 Å². The highest BCUT2D eigenvalue weighted by atomic mass is 32.1. The quantitative estimate of drug-likeness (QED) is 0.142. The molecule has 0 bridgehead atoms. The van der Waals surface area contributed by atoms with Gasteiger partial charge < -0.3 is 0 Å². The van der Waals surface area contributed by atoms with E-state index in [9.17, 15) is 0 Å². The van der Waals surface area contributed by atoms with Crippen LogP contribution in [0.2, 0.25) is 0 Å². The fraction of sp³-hybridized carbons (Fsp3) is 0. The molecule has 8 aliphatic rings. The summed E-state index contributed by atoms with van der Waals surface area (Å²) in [5.41, 5.74) is 22.1. The van der Waals surface area contributed by atoms with E-state index in [0.29, 0.717) is 0 Å². The van der Waals surface area contributed by atoms with Crippen LogP contribution in [-0.2, 0) is 0 Å². The predicted octanol–water partition coefficient (Wildman–Crippen LogP) is 19.1. The molecule has 0 fully saturated rings.